The van der Waals surface area contributed by atoms with E-state index < -0.39 is 11.6 Å². The first-order chi connectivity index (χ1) is 14.5. The molecule has 1 fully saturated rings. The predicted octanol–water partition coefficient (Wildman–Crippen LogP) is 4.59. The quantitative estimate of drug-likeness (QED) is 0.572. The van der Waals surface area contributed by atoms with Crippen LogP contribution in [0.2, 0.25) is 0 Å². The van der Waals surface area contributed by atoms with Crippen LogP contribution in [-0.2, 0) is 11.2 Å². The van der Waals surface area contributed by atoms with Crippen molar-refractivity contribution in [2.45, 2.75) is 32.3 Å². The SMILES string of the molecule is CCOc1ccc(CC(=O)N2CCC(Oc3nc4c(F)cc(F)cc4s3)CC2)cc1. The largest absolute Gasteiger partial charge is 0.494 e. The van der Waals surface area contributed by atoms with Crippen molar-refractivity contribution in [3.05, 3.63) is 53.6 Å². The van der Waals surface area contributed by atoms with Crippen LogP contribution in [0.4, 0.5) is 8.78 Å². The molecule has 1 aromatic heterocycles. The molecule has 1 amide bonds. The van der Waals surface area contributed by atoms with E-state index in [2.05, 4.69) is 4.98 Å². The number of halogens is 2. The highest BCUT2D eigenvalue weighted by atomic mass is 32.1. The van der Waals surface area contributed by atoms with Gasteiger partial charge in [-0.25, -0.2) is 8.78 Å². The second kappa shape index (κ2) is 8.95. The van der Waals surface area contributed by atoms with Gasteiger partial charge in [-0.3, -0.25) is 4.79 Å². The lowest BCUT2D eigenvalue weighted by molar-refractivity contribution is -0.132. The van der Waals surface area contributed by atoms with E-state index in [-0.39, 0.29) is 17.5 Å². The number of likely N-dealkylation sites (tertiary alicyclic amines) is 1. The molecular formula is C22H22F2N2O3S. The first kappa shape index (κ1) is 20.5. The number of aromatic nitrogens is 1. The normalized spacial score (nSPS) is 14.8. The van der Waals surface area contributed by atoms with E-state index in [9.17, 15) is 13.6 Å². The fourth-order valence-electron chi connectivity index (χ4n) is 3.51. The minimum Gasteiger partial charge on any atom is -0.494 e. The Balaban J connectivity index is 1.30. The molecule has 8 heteroatoms. The van der Waals surface area contributed by atoms with Crippen LogP contribution in [0.3, 0.4) is 0 Å². The van der Waals surface area contributed by atoms with Gasteiger partial charge in [-0.2, -0.15) is 4.98 Å². The summed E-state index contributed by atoms with van der Waals surface area (Å²) in [6, 6.07) is 9.64. The van der Waals surface area contributed by atoms with E-state index in [4.69, 9.17) is 9.47 Å². The zero-order valence-corrected chi connectivity index (χ0v) is 17.4. The summed E-state index contributed by atoms with van der Waals surface area (Å²) in [6.45, 7) is 3.72. The molecule has 2 aromatic carbocycles. The Morgan fingerprint density at radius 1 is 1.20 bits per heavy atom. The van der Waals surface area contributed by atoms with Crippen molar-refractivity contribution in [1.82, 2.24) is 9.88 Å². The van der Waals surface area contributed by atoms with Gasteiger partial charge in [0.05, 0.1) is 17.7 Å². The number of rotatable bonds is 6. The highest BCUT2D eigenvalue weighted by Crippen LogP contribution is 2.32. The highest BCUT2D eigenvalue weighted by Gasteiger charge is 2.25. The van der Waals surface area contributed by atoms with Crippen LogP contribution >= 0.6 is 11.3 Å². The van der Waals surface area contributed by atoms with E-state index in [1.54, 1.807) is 0 Å². The molecule has 0 spiro atoms. The van der Waals surface area contributed by atoms with E-state index in [1.807, 2.05) is 36.1 Å². The van der Waals surface area contributed by atoms with Gasteiger partial charge in [0.1, 0.15) is 23.2 Å². The summed E-state index contributed by atoms with van der Waals surface area (Å²) in [7, 11) is 0. The molecule has 0 N–H and O–H groups in total. The number of piperidine rings is 1. The van der Waals surface area contributed by atoms with Crippen LogP contribution in [-0.4, -0.2) is 41.6 Å². The standard InChI is InChI=1S/C22H22F2N2O3S/c1-2-28-16-5-3-14(4-6-16)11-20(27)26-9-7-17(8-10-26)29-22-25-21-18(24)12-15(23)13-19(21)30-22/h3-6,12-13,17H,2,7-11H2,1H3. The van der Waals surface area contributed by atoms with E-state index >= 15 is 0 Å². The molecule has 0 saturated carbocycles. The van der Waals surface area contributed by atoms with Gasteiger partial charge in [-0.05, 0) is 30.7 Å². The van der Waals surface area contributed by atoms with Crippen LogP contribution in [0.1, 0.15) is 25.3 Å². The number of benzene rings is 2. The van der Waals surface area contributed by atoms with Crippen molar-refractivity contribution in [2.24, 2.45) is 0 Å². The predicted molar refractivity (Wildman–Crippen MR) is 111 cm³/mol. The molecule has 3 aromatic rings. The molecule has 0 bridgehead atoms. The lowest BCUT2D eigenvalue weighted by atomic mass is 10.1. The third-order valence-corrected chi connectivity index (χ3v) is 5.94. The molecule has 30 heavy (non-hydrogen) atoms. The molecule has 1 aliphatic rings. The zero-order chi connectivity index (χ0) is 21.1. The summed E-state index contributed by atoms with van der Waals surface area (Å²) < 4.78 is 38.9. The number of carbonyl (C=O) groups is 1. The molecule has 1 aliphatic heterocycles. The molecule has 0 unspecified atom stereocenters. The van der Waals surface area contributed by atoms with Gasteiger partial charge >= 0.3 is 0 Å². The highest BCUT2D eigenvalue weighted by molar-refractivity contribution is 7.20. The fraction of sp³-hybridized carbons (Fsp3) is 0.364. The maximum atomic E-state index is 13.8. The molecule has 4 rings (SSSR count). The summed E-state index contributed by atoms with van der Waals surface area (Å²) >= 11 is 1.13. The number of fused-ring (bicyclic) bond motifs is 1. The van der Waals surface area contributed by atoms with Crippen LogP contribution < -0.4 is 9.47 Å². The van der Waals surface area contributed by atoms with Crippen LogP contribution in [0, 0.1) is 11.6 Å². The first-order valence-corrected chi connectivity index (χ1v) is 10.7. The molecule has 0 atom stereocenters. The van der Waals surface area contributed by atoms with Crippen molar-refractivity contribution in [2.75, 3.05) is 19.7 Å². The Morgan fingerprint density at radius 2 is 1.93 bits per heavy atom. The number of amides is 1. The lowest BCUT2D eigenvalue weighted by Gasteiger charge is -2.31. The number of ether oxygens (including phenoxy) is 2. The van der Waals surface area contributed by atoms with Gasteiger partial charge in [-0.1, -0.05) is 23.5 Å². The molecule has 5 nitrogen and oxygen atoms in total. The van der Waals surface area contributed by atoms with Gasteiger partial charge < -0.3 is 14.4 Å². The van der Waals surface area contributed by atoms with Crippen molar-refractivity contribution >= 4 is 27.5 Å². The summed E-state index contributed by atoms with van der Waals surface area (Å²) in [5.41, 5.74) is 1.07. The number of hydrogen-bond donors (Lipinski definition) is 0. The Bertz CT molecular complexity index is 1030. The Morgan fingerprint density at radius 3 is 2.63 bits per heavy atom. The number of hydrogen-bond acceptors (Lipinski definition) is 5. The summed E-state index contributed by atoms with van der Waals surface area (Å²) in [5.74, 6) is -0.445. The molecule has 0 radical (unpaired) electrons. The number of thiazole rings is 1. The first-order valence-electron chi connectivity index (χ1n) is 9.93. The molecular weight excluding hydrogens is 410 g/mol. The second-order valence-electron chi connectivity index (χ2n) is 7.17. The van der Waals surface area contributed by atoms with Gasteiger partial charge in [0.25, 0.3) is 5.19 Å². The Labute approximate surface area is 177 Å². The summed E-state index contributed by atoms with van der Waals surface area (Å²) in [4.78, 5) is 18.6. The van der Waals surface area contributed by atoms with Gasteiger partial charge in [0.2, 0.25) is 5.91 Å². The maximum Gasteiger partial charge on any atom is 0.274 e. The van der Waals surface area contributed by atoms with Crippen molar-refractivity contribution in [3.63, 3.8) is 0 Å². The van der Waals surface area contributed by atoms with Crippen molar-refractivity contribution in [3.8, 4) is 10.9 Å². The third-order valence-electron chi connectivity index (χ3n) is 5.05. The van der Waals surface area contributed by atoms with Gasteiger partial charge in [0, 0.05) is 32.0 Å². The number of carbonyl (C=O) groups excluding carboxylic acids is 1. The second-order valence-corrected chi connectivity index (χ2v) is 8.16. The molecule has 1 saturated heterocycles. The van der Waals surface area contributed by atoms with Crippen LogP contribution in [0.15, 0.2) is 36.4 Å². The topological polar surface area (TPSA) is 51.7 Å². The number of nitrogens with zero attached hydrogens (tertiary/aromatic N) is 2. The Kier molecular flexibility index (Phi) is 6.13. The maximum absolute atomic E-state index is 13.8. The third kappa shape index (κ3) is 4.70. The molecule has 2 heterocycles. The summed E-state index contributed by atoms with van der Waals surface area (Å²) in [6.07, 6.45) is 1.58. The van der Waals surface area contributed by atoms with E-state index in [1.165, 1.54) is 6.07 Å². The monoisotopic (exact) mass is 432 g/mol. The van der Waals surface area contributed by atoms with Crippen LogP contribution in [0.5, 0.6) is 10.9 Å². The lowest BCUT2D eigenvalue weighted by Crippen LogP contribution is -2.42. The smallest absolute Gasteiger partial charge is 0.274 e. The van der Waals surface area contributed by atoms with E-state index in [0.29, 0.717) is 48.9 Å². The van der Waals surface area contributed by atoms with Crippen molar-refractivity contribution < 1.29 is 23.0 Å². The van der Waals surface area contributed by atoms with Crippen LogP contribution in [0.25, 0.3) is 10.2 Å². The summed E-state index contributed by atoms with van der Waals surface area (Å²) in [5, 5.41) is 0.327. The van der Waals surface area contributed by atoms with Gasteiger partial charge in [-0.15, -0.1) is 0 Å². The fourth-order valence-corrected chi connectivity index (χ4v) is 4.43. The van der Waals surface area contributed by atoms with Crippen molar-refractivity contribution in [1.29, 1.82) is 0 Å². The average Bonchev–Trinajstić information content (AvgIpc) is 3.13. The van der Waals surface area contributed by atoms with Gasteiger partial charge in [0.15, 0.2) is 5.82 Å². The Hall–Kier alpha value is -2.74. The molecule has 0 aliphatic carbocycles. The average molecular weight is 432 g/mol. The van der Waals surface area contributed by atoms with E-state index in [0.717, 1.165) is 28.7 Å². The minimum atomic E-state index is -0.689. The minimum absolute atomic E-state index is 0.0788. The zero-order valence-electron chi connectivity index (χ0n) is 16.6. The molecule has 158 valence electrons.